The molecule has 1 N–H and O–H groups in total. The number of anilines is 1. The summed E-state index contributed by atoms with van der Waals surface area (Å²) in [4.78, 5) is 12.3. The van der Waals surface area contributed by atoms with E-state index in [1.165, 1.54) is 6.07 Å². The molecule has 0 bridgehead atoms. The first-order valence-corrected chi connectivity index (χ1v) is 8.01. The predicted octanol–water partition coefficient (Wildman–Crippen LogP) is 4.43. The highest BCUT2D eigenvalue weighted by Crippen LogP contribution is 2.30. The highest BCUT2D eigenvalue weighted by atomic mass is 35.5. The van der Waals surface area contributed by atoms with Crippen LogP contribution >= 0.6 is 23.2 Å². The van der Waals surface area contributed by atoms with Crippen molar-refractivity contribution in [2.24, 2.45) is 0 Å². The molecule has 0 atom stereocenters. The quantitative estimate of drug-likeness (QED) is 0.743. The number of rotatable bonds is 4. The van der Waals surface area contributed by atoms with E-state index >= 15 is 0 Å². The summed E-state index contributed by atoms with van der Waals surface area (Å²) in [5, 5.41) is 11.7. The van der Waals surface area contributed by atoms with Crippen LogP contribution in [-0.2, 0) is 6.54 Å². The summed E-state index contributed by atoms with van der Waals surface area (Å²) < 4.78 is 7.02. The topological polar surface area (TPSA) is 73.0 Å². The van der Waals surface area contributed by atoms with Crippen molar-refractivity contribution < 1.29 is 9.32 Å². The average molecular weight is 365 g/mol. The van der Waals surface area contributed by atoms with Crippen LogP contribution in [0.15, 0.2) is 35.0 Å². The smallest absolute Gasteiger partial charge is 0.277 e. The minimum Gasteiger partial charge on any atom is -0.355 e. The van der Waals surface area contributed by atoms with Gasteiger partial charge in [-0.05, 0) is 32.0 Å². The first kappa shape index (κ1) is 16.5. The zero-order valence-corrected chi connectivity index (χ0v) is 14.5. The molecule has 0 spiro atoms. The number of amides is 1. The van der Waals surface area contributed by atoms with Gasteiger partial charge in [-0.2, -0.15) is 5.10 Å². The highest BCUT2D eigenvalue weighted by molar-refractivity contribution is 6.36. The van der Waals surface area contributed by atoms with Gasteiger partial charge in [0.05, 0.1) is 22.6 Å². The molecule has 1 amide bonds. The average Bonchev–Trinajstić information content (AvgIpc) is 3.15. The SMILES string of the molecule is CCn1ncc(NC(=O)c2cc(-c3ccc(Cl)cc3Cl)on2)c1C. The molecule has 24 heavy (non-hydrogen) atoms. The molecular formula is C16H14Cl2N4O2. The molecule has 0 fully saturated rings. The number of halogens is 2. The zero-order chi connectivity index (χ0) is 17.3. The Hall–Kier alpha value is -2.31. The number of aryl methyl sites for hydroxylation is 1. The van der Waals surface area contributed by atoms with Gasteiger partial charge < -0.3 is 9.84 Å². The largest absolute Gasteiger partial charge is 0.355 e. The van der Waals surface area contributed by atoms with Gasteiger partial charge >= 0.3 is 0 Å². The van der Waals surface area contributed by atoms with Crippen molar-refractivity contribution in [3.8, 4) is 11.3 Å². The molecule has 2 heterocycles. The van der Waals surface area contributed by atoms with Gasteiger partial charge in [-0.1, -0.05) is 28.4 Å². The number of carbonyl (C=O) groups is 1. The molecule has 0 saturated carbocycles. The molecule has 3 rings (SSSR count). The lowest BCUT2D eigenvalue weighted by Crippen LogP contribution is -2.13. The van der Waals surface area contributed by atoms with Crippen LogP contribution in [0.2, 0.25) is 10.0 Å². The van der Waals surface area contributed by atoms with Crippen LogP contribution in [0.1, 0.15) is 23.1 Å². The van der Waals surface area contributed by atoms with E-state index in [1.54, 1.807) is 29.1 Å². The Morgan fingerprint density at radius 3 is 2.79 bits per heavy atom. The van der Waals surface area contributed by atoms with Gasteiger partial charge in [-0.25, -0.2) is 0 Å². The van der Waals surface area contributed by atoms with Crippen molar-refractivity contribution in [2.45, 2.75) is 20.4 Å². The van der Waals surface area contributed by atoms with Crippen LogP contribution in [0, 0.1) is 6.92 Å². The monoisotopic (exact) mass is 364 g/mol. The van der Waals surface area contributed by atoms with Crippen LogP contribution in [0.5, 0.6) is 0 Å². The van der Waals surface area contributed by atoms with E-state index in [2.05, 4.69) is 15.6 Å². The fourth-order valence-corrected chi connectivity index (χ4v) is 2.77. The molecule has 0 radical (unpaired) electrons. The molecule has 1 aromatic carbocycles. The molecule has 0 aliphatic heterocycles. The number of aromatic nitrogens is 3. The first-order valence-electron chi connectivity index (χ1n) is 7.25. The second-order valence-electron chi connectivity index (χ2n) is 5.11. The van der Waals surface area contributed by atoms with E-state index in [-0.39, 0.29) is 11.6 Å². The normalized spacial score (nSPS) is 10.8. The van der Waals surface area contributed by atoms with Crippen LogP contribution in [0.25, 0.3) is 11.3 Å². The Morgan fingerprint density at radius 2 is 2.12 bits per heavy atom. The van der Waals surface area contributed by atoms with Gasteiger partial charge in [-0.3, -0.25) is 9.48 Å². The Bertz CT molecular complexity index is 901. The first-order chi connectivity index (χ1) is 11.5. The summed E-state index contributed by atoms with van der Waals surface area (Å²) in [6.07, 6.45) is 1.60. The van der Waals surface area contributed by atoms with Gasteiger partial charge in [0.2, 0.25) is 0 Å². The summed E-state index contributed by atoms with van der Waals surface area (Å²) in [5.41, 5.74) is 2.27. The highest BCUT2D eigenvalue weighted by Gasteiger charge is 2.17. The van der Waals surface area contributed by atoms with Crippen LogP contribution in [0.3, 0.4) is 0 Å². The third-order valence-corrected chi connectivity index (χ3v) is 4.14. The second-order valence-corrected chi connectivity index (χ2v) is 5.96. The fraction of sp³-hybridized carbons (Fsp3) is 0.188. The van der Waals surface area contributed by atoms with Gasteiger partial charge in [0, 0.05) is 23.2 Å². The molecule has 124 valence electrons. The molecule has 0 saturated heterocycles. The standard InChI is InChI=1S/C16H14Cl2N4O2/c1-3-22-9(2)14(8-19-22)20-16(23)13-7-15(24-21-13)11-5-4-10(17)6-12(11)18/h4-8H,3H2,1-2H3,(H,20,23). The van der Waals surface area contributed by atoms with E-state index in [1.807, 2.05) is 13.8 Å². The molecule has 8 heteroatoms. The Balaban J connectivity index is 1.82. The van der Waals surface area contributed by atoms with E-state index in [9.17, 15) is 4.79 Å². The van der Waals surface area contributed by atoms with Gasteiger partial charge in [0.25, 0.3) is 5.91 Å². The number of hydrogen-bond donors (Lipinski definition) is 1. The lowest BCUT2D eigenvalue weighted by molar-refractivity contribution is 0.101. The van der Waals surface area contributed by atoms with Gasteiger partial charge in [0.1, 0.15) is 0 Å². The van der Waals surface area contributed by atoms with Crippen LogP contribution < -0.4 is 5.32 Å². The maximum Gasteiger partial charge on any atom is 0.277 e. The fourth-order valence-electron chi connectivity index (χ4n) is 2.27. The summed E-state index contributed by atoms with van der Waals surface area (Å²) in [5.74, 6) is 0.0108. The third kappa shape index (κ3) is 3.16. The van der Waals surface area contributed by atoms with Crippen molar-refractivity contribution in [3.05, 3.63) is 51.9 Å². The number of benzene rings is 1. The van der Waals surface area contributed by atoms with Crippen molar-refractivity contribution in [2.75, 3.05) is 5.32 Å². The van der Waals surface area contributed by atoms with E-state index in [0.717, 1.165) is 12.2 Å². The van der Waals surface area contributed by atoms with Crippen molar-refractivity contribution in [3.63, 3.8) is 0 Å². The maximum absolute atomic E-state index is 12.3. The van der Waals surface area contributed by atoms with E-state index in [0.29, 0.717) is 27.1 Å². The Kier molecular flexibility index (Phi) is 4.59. The van der Waals surface area contributed by atoms with Gasteiger partial charge in [-0.15, -0.1) is 0 Å². The zero-order valence-electron chi connectivity index (χ0n) is 13.0. The second kappa shape index (κ2) is 6.67. The summed E-state index contributed by atoms with van der Waals surface area (Å²) in [6.45, 7) is 4.59. The molecule has 2 aromatic heterocycles. The molecule has 3 aromatic rings. The Labute approximate surface area is 148 Å². The van der Waals surface area contributed by atoms with Crippen molar-refractivity contribution >= 4 is 34.8 Å². The summed E-state index contributed by atoms with van der Waals surface area (Å²) >= 11 is 12.0. The van der Waals surface area contributed by atoms with Crippen molar-refractivity contribution in [1.82, 2.24) is 14.9 Å². The number of nitrogens with one attached hydrogen (secondary N) is 1. The molecule has 0 aliphatic rings. The van der Waals surface area contributed by atoms with Crippen molar-refractivity contribution in [1.29, 1.82) is 0 Å². The third-order valence-electron chi connectivity index (χ3n) is 3.59. The predicted molar refractivity (Wildman–Crippen MR) is 92.6 cm³/mol. The lowest BCUT2D eigenvalue weighted by Gasteiger charge is -2.02. The minimum atomic E-state index is -0.381. The molecule has 0 unspecified atom stereocenters. The molecule has 0 aliphatic carbocycles. The maximum atomic E-state index is 12.3. The van der Waals surface area contributed by atoms with E-state index in [4.69, 9.17) is 27.7 Å². The summed E-state index contributed by atoms with van der Waals surface area (Å²) in [7, 11) is 0. The molecular weight excluding hydrogens is 351 g/mol. The number of carbonyl (C=O) groups excluding carboxylic acids is 1. The summed E-state index contributed by atoms with van der Waals surface area (Å²) in [6, 6.07) is 6.53. The van der Waals surface area contributed by atoms with E-state index < -0.39 is 0 Å². The Morgan fingerprint density at radius 1 is 1.33 bits per heavy atom. The van der Waals surface area contributed by atoms with Crippen LogP contribution in [0.4, 0.5) is 5.69 Å². The van der Waals surface area contributed by atoms with Crippen LogP contribution in [-0.4, -0.2) is 20.8 Å². The lowest BCUT2D eigenvalue weighted by atomic mass is 10.1. The molecule has 6 nitrogen and oxygen atoms in total. The van der Waals surface area contributed by atoms with Gasteiger partial charge in [0.15, 0.2) is 11.5 Å². The number of hydrogen-bond acceptors (Lipinski definition) is 4. The number of nitrogens with zero attached hydrogens (tertiary/aromatic N) is 3. The minimum absolute atomic E-state index is 0.152.